The van der Waals surface area contributed by atoms with Crippen LogP contribution in [-0.4, -0.2) is 46.3 Å². The maximum absolute atomic E-state index is 10.2. The number of rotatable bonds is 7. The van der Waals surface area contributed by atoms with Gasteiger partial charge in [0, 0.05) is 24.8 Å². The molecule has 1 unspecified atom stereocenters. The lowest BCUT2D eigenvalue weighted by atomic mass is 10.1. The van der Waals surface area contributed by atoms with Crippen molar-refractivity contribution in [3.63, 3.8) is 0 Å². The smallest absolute Gasteiger partial charge is 0.123 e. The number of aromatic nitrogens is 1. The Morgan fingerprint density at radius 2 is 2.17 bits per heavy atom. The summed E-state index contributed by atoms with van der Waals surface area (Å²) in [6, 6.07) is 1.76. The van der Waals surface area contributed by atoms with Crippen molar-refractivity contribution >= 4 is 5.82 Å². The first-order chi connectivity index (χ1) is 8.58. The molecule has 0 bridgehead atoms. The van der Waals surface area contributed by atoms with Gasteiger partial charge in [0.05, 0.1) is 12.7 Å². The molecule has 5 nitrogen and oxygen atoms in total. The van der Waals surface area contributed by atoms with E-state index in [9.17, 15) is 5.11 Å². The zero-order chi connectivity index (χ0) is 13.5. The number of nitrogen functional groups attached to an aromatic ring is 1. The fourth-order valence-corrected chi connectivity index (χ4v) is 2.03. The van der Waals surface area contributed by atoms with Gasteiger partial charge in [0.2, 0.25) is 0 Å². The number of anilines is 1. The van der Waals surface area contributed by atoms with E-state index in [1.165, 1.54) is 0 Å². The lowest BCUT2D eigenvalue weighted by molar-refractivity contribution is 0.0992. The van der Waals surface area contributed by atoms with E-state index in [0.29, 0.717) is 18.9 Å². The van der Waals surface area contributed by atoms with E-state index in [1.807, 2.05) is 11.8 Å². The third-order valence-corrected chi connectivity index (χ3v) is 2.92. The van der Waals surface area contributed by atoms with Crippen molar-refractivity contribution in [3.05, 3.63) is 23.4 Å². The van der Waals surface area contributed by atoms with Crippen molar-refractivity contribution in [2.45, 2.75) is 26.4 Å². The molecule has 1 atom stereocenters. The molecule has 102 valence electrons. The van der Waals surface area contributed by atoms with E-state index in [0.717, 1.165) is 24.1 Å². The highest BCUT2D eigenvalue weighted by Gasteiger charge is 2.15. The van der Waals surface area contributed by atoms with E-state index in [1.54, 1.807) is 12.3 Å². The van der Waals surface area contributed by atoms with E-state index in [2.05, 4.69) is 11.9 Å². The monoisotopic (exact) mass is 253 g/mol. The van der Waals surface area contributed by atoms with Gasteiger partial charge in [-0.2, -0.15) is 0 Å². The summed E-state index contributed by atoms with van der Waals surface area (Å²) in [6.45, 7) is 6.03. The highest BCUT2D eigenvalue weighted by Crippen LogP contribution is 2.19. The normalized spacial score (nSPS) is 12.9. The molecule has 0 amide bonds. The molecule has 1 aromatic heterocycles. The van der Waals surface area contributed by atoms with Crippen molar-refractivity contribution in [1.82, 2.24) is 9.88 Å². The fraction of sp³-hybridized carbons (Fsp3) is 0.615. The predicted octanol–water partition coefficient (Wildman–Crippen LogP) is 0.710. The Morgan fingerprint density at radius 3 is 2.72 bits per heavy atom. The molecule has 1 aromatic rings. The number of aliphatic hydroxyl groups is 2. The minimum absolute atomic E-state index is 0.103. The van der Waals surface area contributed by atoms with Gasteiger partial charge in [-0.1, -0.05) is 6.92 Å². The first kappa shape index (κ1) is 14.9. The van der Waals surface area contributed by atoms with Gasteiger partial charge in [-0.05, 0) is 31.5 Å². The van der Waals surface area contributed by atoms with Gasteiger partial charge >= 0.3 is 0 Å². The molecule has 1 heterocycles. The van der Waals surface area contributed by atoms with Crippen LogP contribution in [0.5, 0.6) is 0 Å². The average Bonchev–Trinajstić information content (AvgIpc) is 2.29. The van der Waals surface area contributed by atoms with Gasteiger partial charge in [0.15, 0.2) is 0 Å². The van der Waals surface area contributed by atoms with Crippen LogP contribution in [0, 0.1) is 6.92 Å². The minimum atomic E-state index is -0.601. The quantitative estimate of drug-likeness (QED) is 0.666. The molecule has 0 aromatic carbocycles. The van der Waals surface area contributed by atoms with Crippen LogP contribution in [0.15, 0.2) is 12.3 Å². The molecule has 0 radical (unpaired) electrons. The molecule has 0 aliphatic heterocycles. The number of aryl methyl sites for hydroxylation is 1. The maximum Gasteiger partial charge on any atom is 0.123 e. The Kier molecular flexibility index (Phi) is 6.04. The molecule has 0 aliphatic rings. The molecule has 1 rings (SSSR count). The third kappa shape index (κ3) is 4.25. The molecule has 0 aliphatic carbocycles. The first-order valence-electron chi connectivity index (χ1n) is 6.31. The Morgan fingerprint density at radius 1 is 1.44 bits per heavy atom. The van der Waals surface area contributed by atoms with Crippen molar-refractivity contribution in [2.75, 3.05) is 32.0 Å². The average molecular weight is 253 g/mol. The lowest BCUT2D eigenvalue weighted by Crippen LogP contribution is -2.32. The van der Waals surface area contributed by atoms with Crippen LogP contribution in [0.1, 0.15) is 30.6 Å². The summed E-state index contributed by atoms with van der Waals surface area (Å²) in [7, 11) is 0. The summed E-state index contributed by atoms with van der Waals surface area (Å²) >= 11 is 0. The summed E-state index contributed by atoms with van der Waals surface area (Å²) in [5.74, 6) is 0.462. The summed E-state index contributed by atoms with van der Waals surface area (Å²) in [5, 5.41) is 19.2. The molecular weight excluding hydrogens is 230 g/mol. The highest BCUT2D eigenvalue weighted by atomic mass is 16.3. The van der Waals surface area contributed by atoms with Crippen LogP contribution in [0.3, 0.4) is 0 Å². The molecule has 0 fully saturated rings. The van der Waals surface area contributed by atoms with E-state index < -0.39 is 6.10 Å². The molecule has 0 saturated carbocycles. The third-order valence-electron chi connectivity index (χ3n) is 2.92. The van der Waals surface area contributed by atoms with E-state index in [-0.39, 0.29) is 6.61 Å². The molecule has 18 heavy (non-hydrogen) atoms. The number of hydrogen-bond acceptors (Lipinski definition) is 5. The largest absolute Gasteiger partial charge is 0.395 e. The van der Waals surface area contributed by atoms with Crippen LogP contribution in [0.25, 0.3) is 0 Å². The second-order valence-corrected chi connectivity index (χ2v) is 4.51. The highest BCUT2D eigenvalue weighted by molar-refractivity contribution is 5.37. The van der Waals surface area contributed by atoms with Gasteiger partial charge in [0.1, 0.15) is 5.82 Å². The van der Waals surface area contributed by atoms with Crippen molar-refractivity contribution in [2.24, 2.45) is 0 Å². The summed E-state index contributed by atoms with van der Waals surface area (Å²) < 4.78 is 0. The number of nitrogens with zero attached hydrogens (tertiary/aromatic N) is 2. The van der Waals surface area contributed by atoms with Crippen LogP contribution < -0.4 is 5.73 Å². The lowest BCUT2D eigenvalue weighted by Gasteiger charge is -2.24. The Bertz CT molecular complexity index is 365. The second kappa shape index (κ2) is 7.31. The Balaban J connectivity index is 2.70. The van der Waals surface area contributed by atoms with Gasteiger partial charge in [-0.3, -0.25) is 4.90 Å². The molecule has 4 N–H and O–H groups in total. The van der Waals surface area contributed by atoms with E-state index >= 15 is 0 Å². The van der Waals surface area contributed by atoms with Crippen LogP contribution in [-0.2, 0) is 0 Å². The maximum atomic E-state index is 10.2. The van der Waals surface area contributed by atoms with Crippen LogP contribution in [0.4, 0.5) is 5.82 Å². The van der Waals surface area contributed by atoms with Crippen LogP contribution >= 0.6 is 0 Å². The molecule has 0 spiro atoms. The van der Waals surface area contributed by atoms with Gasteiger partial charge in [0.25, 0.3) is 0 Å². The number of aliphatic hydroxyl groups excluding tert-OH is 2. The Hall–Kier alpha value is -1.17. The number of nitrogens with two attached hydrogens (primary N) is 1. The SMILES string of the molecule is CCCN(CCO)CC(O)c1cnc(N)cc1C. The zero-order valence-electron chi connectivity index (χ0n) is 11.1. The van der Waals surface area contributed by atoms with Gasteiger partial charge < -0.3 is 15.9 Å². The minimum Gasteiger partial charge on any atom is -0.395 e. The first-order valence-corrected chi connectivity index (χ1v) is 6.31. The number of pyridine rings is 1. The Labute approximate surface area is 108 Å². The standard InChI is InChI=1S/C13H23N3O2/c1-3-4-16(5-6-17)9-12(18)11-8-15-13(14)7-10(11)2/h7-8,12,17-18H,3-6,9H2,1-2H3,(H2,14,15). The van der Waals surface area contributed by atoms with Gasteiger partial charge in [-0.25, -0.2) is 4.98 Å². The zero-order valence-corrected chi connectivity index (χ0v) is 11.1. The van der Waals surface area contributed by atoms with Crippen molar-refractivity contribution in [3.8, 4) is 0 Å². The number of hydrogen-bond donors (Lipinski definition) is 3. The summed E-state index contributed by atoms with van der Waals surface area (Å²) in [4.78, 5) is 6.05. The molecular formula is C13H23N3O2. The fourth-order valence-electron chi connectivity index (χ4n) is 2.03. The topological polar surface area (TPSA) is 82.6 Å². The van der Waals surface area contributed by atoms with E-state index in [4.69, 9.17) is 10.8 Å². The summed E-state index contributed by atoms with van der Waals surface area (Å²) in [5.41, 5.74) is 7.32. The van der Waals surface area contributed by atoms with Crippen molar-refractivity contribution in [1.29, 1.82) is 0 Å². The van der Waals surface area contributed by atoms with Gasteiger partial charge in [-0.15, -0.1) is 0 Å². The predicted molar refractivity (Wildman–Crippen MR) is 72.2 cm³/mol. The van der Waals surface area contributed by atoms with Crippen molar-refractivity contribution < 1.29 is 10.2 Å². The molecule has 0 saturated heterocycles. The second-order valence-electron chi connectivity index (χ2n) is 4.51. The summed E-state index contributed by atoms with van der Waals surface area (Å²) in [6.07, 6.45) is 2.01. The molecule has 5 heteroatoms. The van der Waals surface area contributed by atoms with Crippen LogP contribution in [0.2, 0.25) is 0 Å².